The van der Waals surface area contributed by atoms with Crippen molar-refractivity contribution in [1.82, 2.24) is 5.32 Å². The van der Waals surface area contributed by atoms with Crippen molar-refractivity contribution in [3.05, 3.63) is 0 Å². The predicted molar refractivity (Wildman–Crippen MR) is 81.0 cm³/mol. The molecule has 0 radical (unpaired) electrons. The number of amides is 1. The maximum Gasteiger partial charge on any atom is 0.223 e. The topological polar surface area (TPSA) is 55.1 Å². The number of carbonyl (C=O) groups excluding carboxylic acids is 1. The van der Waals surface area contributed by atoms with Gasteiger partial charge in [-0.2, -0.15) is 0 Å². The molecule has 3 fully saturated rings. The van der Waals surface area contributed by atoms with Crippen molar-refractivity contribution in [1.29, 1.82) is 0 Å². The van der Waals surface area contributed by atoms with Crippen LogP contribution in [0.25, 0.3) is 0 Å². The van der Waals surface area contributed by atoms with Gasteiger partial charge in [0.15, 0.2) is 0 Å². The van der Waals surface area contributed by atoms with Gasteiger partial charge in [-0.3, -0.25) is 4.79 Å². The molecule has 3 heteroatoms. The quantitative estimate of drug-likeness (QED) is 0.834. The van der Waals surface area contributed by atoms with Crippen LogP contribution in [0.3, 0.4) is 0 Å². The Morgan fingerprint density at radius 3 is 2.55 bits per heavy atom. The van der Waals surface area contributed by atoms with Crippen LogP contribution < -0.4 is 11.1 Å². The molecule has 3 saturated carbocycles. The fourth-order valence-electron chi connectivity index (χ4n) is 5.36. The molecule has 0 aromatic heterocycles. The van der Waals surface area contributed by atoms with Gasteiger partial charge in [-0.05, 0) is 61.3 Å². The third-order valence-electron chi connectivity index (χ3n) is 7.41. The number of hydrogen-bond acceptors (Lipinski definition) is 2. The van der Waals surface area contributed by atoms with Gasteiger partial charge in [0.05, 0.1) is 0 Å². The molecule has 0 aromatic carbocycles. The van der Waals surface area contributed by atoms with Crippen LogP contribution in [0.1, 0.15) is 59.3 Å². The molecule has 3 rings (SSSR count). The summed E-state index contributed by atoms with van der Waals surface area (Å²) in [5.41, 5.74) is 6.47. The van der Waals surface area contributed by atoms with Crippen molar-refractivity contribution >= 4 is 5.91 Å². The van der Waals surface area contributed by atoms with E-state index in [1.165, 1.54) is 19.3 Å². The van der Waals surface area contributed by atoms with Crippen molar-refractivity contribution < 1.29 is 4.79 Å². The average molecular weight is 278 g/mol. The second-order valence-corrected chi connectivity index (χ2v) is 8.20. The zero-order valence-corrected chi connectivity index (χ0v) is 13.2. The van der Waals surface area contributed by atoms with Gasteiger partial charge in [0.25, 0.3) is 0 Å². The van der Waals surface area contributed by atoms with E-state index in [1.54, 1.807) is 0 Å². The molecule has 5 unspecified atom stereocenters. The number of nitrogens with one attached hydrogen (secondary N) is 1. The van der Waals surface area contributed by atoms with Crippen LogP contribution in [0.5, 0.6) is 0 Å². The Morgan fingerprint density at radius 1 is 1.25 bits per heavy atom. The molecule has 0 aliphatic heterocycles. The summed E-state index contributed by atoms with van der Waals surface area (Å²) >= 11 is 0. The van der Waals surface area contributed by atoms with Gasteiger partial charge < -0.3 is 11.1 Å². The molecule has 3 nitrogen and oxygen atoms in total. The molecule has 3 aliphatic rings. The van der Waals surface area contributed by atoms with E-state index in [0.29, 0.717) is 23.9 Å². The highest BCUT2D eigenvalue weighted by Crippen LogP contribution is 2.65. The van der Waals surface area contributed by atoms with Gasteiger partial charge in [-0.25, -0.2) is 0 Å². The zero-order valence-electron chi connectivity index (χ0n) is 13.2. The summed E-state index contributed by atoms with van der Waals surface area (Å²) in [6.45, 7) is 7.85. The Balaban J connectivity index is 1.69. The Morgan fingerprint density at radius 2 is 2.00 bits per heavy atom. The first-order chi connectivity index (χ1) is 9.40. The molecular formula is C17H30N2O. The largest absolute Gasteiger partial charge is 0.353 e. The monoisotopic (exact) mass is 278 g/mol. The molecule has 20 heavy (non-hydrogen) atoms. The third kappa shape index (κ3) is 1.85. The summed E-state index contributed by atoms with van der Waals surface area (Å²) in [6.07, 6.45) is 7.10. The van der Waals surface area contributed by atoms with Gasteiger partial charge in [0, 0.05) is 12.0 Å². The van der Waals surface area contributed by atoms with E-state index in [2.05, 4.69) is 26.1 Å². The fourth-order valence-corrected chi connectivity index (χ4v) is 5.36. The maximum atomic E-state index is 12.6. The summed E-state index contributed by atoms with van der Waals surface area (Å²) in [6, 6.07) is 0.378. The molecule has 0 heterocycles. The minimum absolute atomic E-state index is 0.172. The van der Waals surface area contributed by atoms with Gasteiger partial charge >= 0.3 is 0 Å². The van der Waals surface area contributed by atoms with Crippen LogP contribution in [0.15, 0.2) is 0 Å². The van der Waals surface area contributed by atoms with Crippen molar-refractivity contribution in [3.63, 3.8) is 0 Å². The second kappa shape index (κ2) is 4.72. The van der Waals surface area contributed by atoms with Crippen LogP contribution in [-0.4, -0.2) is 18.5 Å². The molecular weight excluding hydrogens is 248 g/mol. The lowest BCUT2D eigenvalue weighted by Gasteiger charge is -2.40. The van der Waals surface area contributed by atoms with Crippen LogP contribution in [0.4, 0.5) is 0 Å². The first-order valence-corrected chi connectivity index (χ1v) is 8.40. The summed E-state index contributed by atoms with van der Waals surface area (Å²) in [4.78, 5) is 12.6. The van der Waals surface area contributed by atoms with Gasteiger partial charge in [-0.1, -0.05) is 27.2 Å². The molecule has 5 atom stereocenters. The van der Waals surface area contributed by atoms with Crippen molar-refractivity contribution in [2.75, 3.05) is 6.54 Å². The Bertz CT molecular complexity index is 406. The fraction of sp³-hybridized carbons (Fsp3) is 0.941. The summed E-state index contributed by atoms with van der Waals surface area (Å²) in [7, 11) is 0. The Hall–Kier alpha value is -0.570. The summed E-state index contributed by atoms with van der Waals surface area (Å²) < 4.78 is 0. The minimum Gasteiger partial charge on any atom is -0.353 e. The Labute approximate surface area is 123 Å². The number of fused-ring (bicyclic) bond motifs is 2. The minimum atomic E-state index is 0.172. The molecule has 3 aliphatic carbocycles. The maximum absolute atomic E-state index is 12.6. The molecule has 0 spiro atoms. The third-order valence-corrected chi connectivity index (χ3v) is 7.41. The lowest BCUT2D eigenvalue weighted by molar-refractivity contribution is -0.127. The standard InChI is InChI=1S/C17H30N2O/c1-16(2)12-7-8-17(16,3)14(9-12)19-15(20)13-6-4-5-11(13)10-18/h11-14H,4-10,18H2,1-3H3,(H,19,20). The lowest BCUT2D eigenvalue weighted by atomic mass is 9.69. The highest BCUT2D eigenvalue weighted by atomic mass is 16.2. The van der Waals surface area contributed by atoms with Crippen LogP contribution in [0, 0.1) is 28.6 Å². The van der Waals surface area contributed by atoms with Gasteiger partial charge in [-0.15, -0.1) is 0 Å². The number of nitrogens with two attached hydrogens (primary N) is 1. The SMILES string of the molecule is CC1(C)C2CCC1(C)C(NC(=O)C1CCCC1CN)C2. The molecule has 1 amide bonds. The van der Waals surface area contributed by atoms with Crippen LogP contribution in [0.2, 0.25) is 0 Å². The number of hydrogen-bond donors (Lipinski definition) is 2. The smallest absolute Gasteiger partial charge is 0.223 e. The van der Waals surface area contributed by atoms with Crippen molar-refractivity contribution in [2.45, 2.75) is 65.3 Å². The van der Waals surface area contributed by atoms with E-state index in [9.17, 15) is 4.79 Å². The van der Waals surface area contributed by atoms with Gasteiger partial charge in [0.2, 0.25) is 5.91 Å². The van der Waals surface area contributed by atoms with E-state index in [4.69, 9.17) is 5.73 Å². The van der Waals surface area contributed by atoms with E-state index in [1.807, 2.05) is 0 Å². The number of carbonyl (C=O) groups is 1. The normalized spacial score (nSPS) is 45.8. The van der Waals surface area contributed by atoms with Crippen molar-refractivity contribution in [3.8, 4) is 0 Å². The lowest BCUT2D eigenvalue weighted by Crippen LogP contribution is -2.49. The molecule has 3 N–H and O–H groups in total. The molecule has 114 valence electrons. The van der Waals surface area contributed by atoms with E-state index >= 15 is 0 Å². The first kappa shape index (κ1) is 14.4. The zero-order chi connectivity index (χ0) is 14.5. The molecule has 0 aromatic rings. The number of rotatable bonds is 3. The Kier molecular flexibility index (Phi) is 3.39. The first-order valence-electron chi connectivity index (χ1n) is 8.40. The molecule has 0 saturated heterocycles. The summed E-state index contributed by atoms with van der Waals surface area (Å²) in [5.74, 6) is 1.65. The van der Waals surface area contributed by atoms with Gasteiger partial charge in [0.1, 0.15) is 0 Å². The highest BCUT2D eigenvalue weighted by molar-refractivity contribution is 5.79. The van der Waals surface area contributed by atoms with Crippen LogP contribution in [-0.2, 0) is 4.79 Å². The van der Waals surface area contributed by atoms with Crippen molar-refractivity contribution in [2.24, 2.45) is 34.3 Å². The average Bonchev–Trinajstić information content (AvgIpc) is 3.01. The second-order valence-electron chi connectivity index (χ2n) is 8.20. The van der Waals surface area contributed by atoms with E-state index < -0.39 is 0 Å². The van der Waals surface area contributed by atoms with Crippen LogP contribution >= 0.6 is 0 Å². The van der Waals surface area contributed by atoms with E-state index in [-0.39, 0.29) is 17.2 Å². The highest BCUT2D eigenvalue weighted by Gasteiger charge is 2.61. The molecule has 2 bridgehead atoms. The van der Waals surface area contributed by atoms with E-state index in [0.717, 1.165) is 25.2 Å². The predicted octanol–water partition coefficient (Wildman–Crippen LogP) is 2.69. The summed E-state index contributed by atoms with van der Waals surface area (Å²) in [5, 5.41) is 3.42.